The van der Waals surface area contributed by atoms with E-state index in [4.69, 9.17) is 9.47 Å². The lowest BCUT2D eigenvalue weighted by molar-refractivity contribution is -0.122. The molecule has 0 radical (unpaired) electrons. The van der Waals surface area contributed by atoms with Crippen molar-refractivity contribution in [2.45, 2.75) is 39.8 Å². The number of anilines is 1. The number of benzene rings is 2. The van der Waals surface area contributed by atoms with Crippen molar-refractivity contribution >= 4 is 21.6 Å². The van der Waals surface area contributed by atoms with Crippen LogP contribution in [0.25, 0.3) is 0 Å². The third-order valence-corrected chi connectivity index (χ3v) is 6.21. The first kappa shape index (κ1) is 23.5. The Bertz CT molecular complexity index is 1020. The zero-order valence-electron chi connectivity index (χ0n) is 18.5. The molecule has 1 amide bonds. The molecule has 2 aromatic carbocycles. The molecule has 0 bridgehead atoms. The van der Waals surface area contributed by atoms with Crippen LogP contribution >= 0.6 is 0 Å². The normalized spacial score (nSPS) is 13.3. The SMILES string of the molecule is COc1ccc(N([C@@H](C)C(=O)N[C@@H](C)c2cc(C)ccc2C)S(C)(=O)=O)cc1OC. The van der Waals surface area contributed by atoms with Crippen LogP contribution in [0, 0.1) is 13.8 Å². The van der Waals surface area contributed by atoms with E-state index < -0.39 is 22.0 Å². The molecule has 0 heterocycles. The fourth-order valence-electron chi connectivity index (χ4n) is 3.41. The van der Waals surface area contributed by atoms with Crippen molar-refractivity contribution in [2.75, 3.05) is 24.8 Å². The van der Waals surface area contributed by atoms with Gasteiger partial charge in [0.1, 0.15) is 6.04 Å². The van der Waals surface area contributed by atoms with E-state index >= 15 is 0 Å². The van der Waals surface area contributed by atoms with Crippen molar-refractivity contribution < 1.29 is 22.7 Å². The first-order valence-corrected chi connectivity index (χ1v) is 11.4. The number of carbonyl (C=O) groups is 1. The van der Waals surface area contributed by atoms with Gasteiger partial charge in [-0.3, -0.25) is 9.10 Å². The number of carbonyl (C=O) groups excluding carboxylic acids is 1. The monoisotopic (exact) mass is 434 g/mol. The van der Waals surface area contributed by atoms with Crippen LogP contribution < -0.4 is 19.1 Å². The molecule has 0 aliphatic carbocycles. The average molecular weight is 435 g/mol. The van der Waals surface area contributed by atoms with Crippen molar-refractivity contribution in [3.8, 4) is 11.5 Å². The van der Waals surface area contributed by atoms with Gasteiger partial charge in [-0.2, -0.15) is 0 Å². The largest absolute Gasteiger partial charge is 0.493 e. The summed E-state index contributed by atoms with van der Waals surface area (Å²) in [5.74, 6) is 0.443. The number of hydrogen-bond acceptors (Lipinski definition) is 5. The molecule has 0 spiro atoms. The zero-order chi connectivity index (χ0) is 22.6. The molecule has 0 aromatic heterocycles. The number of nitrogens with zero attached hydrogens (tertiary/aromatic N) is 1. The van der Waals surface area contributed by atoms with Gasteiger partial charge in [0.15, 0.2) is 11.5 Å². The highest BCUT2D eigenvalue weighted by Gasteiger charge is 2.30. The van der Waals surface area contributed by atoms with Gasteiger partial charge in [-0.25, -0.2) is 8.42 Å². The number of methoxy groups -OCH3 is 2. The van der Waals surface area contributed by atoms with Crippen LogP contribution in [0.5, 0.6) is 11.5 Å². The van der Waals surface area contributed by atoms with Gasteiger partial charge in [-0.1, -0.05) is 23.8 Å². The summed E-state index contributed by atoms with van der Waals surface area (Å²) in [5.41, 5.74) is 3.46. The first-order chi connectivity index (χ1) is 14.0. The van der Waals surface area contributed by atoms with E-state index in [1.807, 2.05) is 39.0 Å². The highest BCUT2D eigenvalue weighted by Crippen LogP contribution is 2.33. The Morgan fingerprint density at radius 1 is 1.00 bits per heavy atom. The number of amides is 1. The molecule has 1 N–H and O–H groups in total. The van der Waals surface area contributed by atoms with Gasteiger partial charge in [-0.15, -0.1) is 0 Å². The smallest absolute Gasteiger partial charge is 0.244 e. The maximum absolute atomic E-state index is 13.0. The van der Waals surface area contributed by atoms with Gasteiger partial charge in [0, 0.05) is 6.07 Å². The third-order valence-electron chi connectivity index (χ3n) is 4.97. The average Bonchev–Trinajstić information content (AvgIpc) is 2.68. The predicted octanol–water partition coefficient (Wildman–Crippen LogP) is 3.35. The number of aryl methyl sites for hydroxylation is 2. The lowest BCUT2D eigenvalue weighted by Gasteiger charge is -2.30. The quantitative estimate of drug-likeness (QED) is 0.689. The van der Waals surface area contributed by atoms with Crippen molar-refractivity contribution in [3.63, 3.8) is 0 Å². The van der Waals surface area contributed by atoms with Crippen LogP contribution in [0.3, 0.4) is 0 Å². The zero-order valence-corrected chi connectivity index (χ0v) is 19.3. The number of rotatable bonds is 8. The topological polar surface area (TPSA) is 84.9 Å². The molecule has 0 unspecified atom stereocenters. The molecular formula is C22H30N2O5S. The van der Waals surface area contributed by atoms with Crippen molar-refractivity contribution in [1.82, 2.24) is 5.32 Å². The molecule has 0 fully saturated rings. The molecule has 0 aliphatic heterocycles. The van der Waals surface area contributed by atoms with Gasteiger partial charge in [-0.05, 0) is 51.0 Å². The maximum Gasteiger partial charge on any atom is 0.244 e. The van der Waals surface area contributed by atoms with E-state index in [0.717, 1.165) is 27.3 Å². The number of sulfonamides is 1. The Labute approximate surface area is 179 Å². The van der Waals surface area contributed by atoms with Crippen LogP contribution in [-0.4, -0.2) is 40.8 Å². The molecule has 2 atom stereocenters. The van der Waals surface area contributed by atoms with Gasteiger partial charge >= 0.3 is 0 Å². The number of hydrogen-bond donors (Lipinski definition) is 1. The summed E-state index contributed by atoms with van der Waals surface area (Å²) in [5, 5.41) is 2.94. The summed E-state index contributed by atoms with van der Waals surface area (Å²) in [6, 6.07) is 9.53. The molecule has 7 nitrogen and oxygen atoms in total. The van der Waals surface area contributed by atoms with Crippen molar-refractivity contribution in [3.05, 3.63) is 53.1 Å². The Kier molecular flexibility index (Phi) is 7.36. The molecule has 8 heteroatoms. The Morgan fingerprint density at radius 3 is 2.20 bits per heavy atom. The summed E-state index contributed by atoms with van der Waals surface area (Å²) in [6.45, 7) is 7.41. The Hall–Kier alpha value is -2.74. The highest BCUT2D eigenvalue weighted by atomic mass is 32.2. The molecular weight excluding hydrogens is 404 g/mol. The second-order valence-electron chi connectivity index (χ2n) is 7.36. The molecule has 0 saturated carbocycles. The second-order valence-corrected chi connectivity index (χ2v) is 9.22. The lowest BCUT2D eigenvalue weighted by atomic mass is 10.00. The van der Waals surface area contributed by atoms with Crippen LogP contribution in [0.1, 0.15) is 36.6 Å². The van der Waals surface area contributed by atoms with E-state index in [1.54, 1.807) is 19.1 Å². The molecule has 30 heavy (non-hydrogen) atoms. The van der Waals surface area contributed by atoms with E-state index in [2.05, 4.69) is 5.32 Å². The predicted molar refractivity (Wildman–Crippen MR) is 119 cm³/mol. The number of nitrogens with one attached hydrogen (secondary N) is 1. The summed E-state index contributed by atoms with van der Waals surface area (Å²) >= 11 is 0. The highest BCUT2D eigenvalue weighted by molar-refractivity contribution is 7.92. The van der Waals surface area contributed by atoms with Crippen molar-refractivity contribution in [1.29, 1.82) is 0 Å². The summed E-state index contributed by atoms with van der Waals surface area (Å²) in [4.78, 5) is 13.0. The second kappa shape index (κ2) is 9.38. The minimum atomic E-state index is -3.75. The fourth-order valence-corrected chi connectivity index (χ4v) is 4.58. The van der Waals surface area contributed by atoms with Gasteiger partial charge < -0.3 is 14.8 Å². The molecule has 0 saturated heterocycles. The first-order valence-electron chi connectivity index (χ1n) is 9.58. The van der Waals surface area contributed by atoms with Gasteiger partial charge in [0.2, 0.25) is 15.9 Å². The van der Waals surface area contributed by atoms with Gasteiger partial charge in [0.25, 0.3) is 0 Å². The third kappa shape index (κ3) is 5.24. The fraction of sp³-hybridized carbons (Fsp3) is 0.409. The maximum atomic E-state index is 13.0. The van der Waals surface area contributed by atoms with E-state index in [1.165, 1.54) is 20.3 Å². The standard InChI is InChI=1S/C22H30N2O5S/c1-14-8-9-15(2)19(12-14)16(3)23-22(25)17(4)24(30(7,26)27)18-10-11-20(28-5)21(13-18)29-6/h8-13,16-17H,1-7H3,(H,23,25)/t16-,17-/m0/s1. The minimum absolute atomic E-state index is 0.272. The van der Waals surface area contributed by atoms with Crippen LogP contribution in [0.4, 0.5) is 5.69 Å². The Morgan fingerprint density at radius 2 is 1.63 bits per heavy atom. The van der Waals surface area contributed by atoms with Crippen LogP contribution in [-0.2, 0) is 14.8 Å². The minimum Gasteiger partial charge on any atom is -0.493 e. The van der Waals surface area contributed by atoms with Crippen LogP contribution in [0.15, 0.2) is 36.4 Å². The molecule has 0 aliphatic rings. The van der Waals surface area contributed by atoms with E-state index in [0.29, 0.717) is 17.2 Å². The molecule has 2 rings (SSSR count). The summed E-state index contributed by atoms with van der Waals surface area (Å²) in [7, 11) is -0.783. The van der Waals surface area contributed by atoms with Gasteiger partial charge in [0.05, 0.1) is 32.2 Å². The number of ether oxygens (including phenoxy) is 2. The van der Waals surface area contributed by atoms with Crippen LogP contribution in [0.2, 0.25) is 0 Å². The van der Waals surface area contributed by atoms with Crippen molar-refractivity contribution in [2.24, 2.45) is 0 Å². The molecule has 2 aromatic rings. The summed E-state index contributed by atoms with van der Waals surface area (Å²) in [6.07, 6.45) is 1.07. The Balaban J connectivity index is 2.34. The lowest BCUT2D eigenvalue weighted by Crippen LogP contribution is -2.48. The molecule has 164 valence electrons. The van der Waals surface area contributed by atoms with E-state index in [9.17, 15) is 13.2 Å². The van der Waals surface area contributed by atoms with E-state index in [-0.39, 0.29) is 6.04 Å². The summed E-state index contributed by atoms with van der Waals surface area (Å²) < 4.78 is 36.7.